The predicted octanol–water partition coefficient (Wildman–Crippen LogP) is 6.28. The van der Waals surface area contributed by atoms with E-state index < -0.39 is 12.1 Å². The van der Waals surface area contributed by atoms with Crippen LogP contribution in [0.3, 0.4) is 0 Å². The van der Waals surface area contributed by atoms with Gasteiger partial charge in [0.15, 0.2) is 6.10 Å². The van der Waals surface area contributed by atoms with Gasteiger partial charge in [0, 0.05) is 6.42 Å². The standard InChI is InChI=1S/C26H47NO4/c1-5-6-7-8-9-10-11-12-13-14-15-16-17-18-19-20-21-26(30)31-24(22-25(28)29)23-27(2,3)4/h13-14,17-18,24H,5-12,15-16,19-23H2,1-4H3/p+1/b14-13+,18-17+. The molecule has 31 heavy (non-hydrogen) atoms. The summed E-state index contributed by atoms with van der Waals surface area (Å²) in [6, 6.07) is 0. The number of unbranched alkanes of at least 4 members (excludes halogenated alkanes) is 9. The molecule has 0 saturated heterocycles. The van der Waals surface area contributed by atoms with Crippen LogP contribution in [-0.4, -0.2) is 55.3 Å². The molecule has 0 aromatic rings. The maximum atomic E-state index is 12.0. The minimum Gasteiger partial charge on any atom is -0.481 e. The van der Waals surface area contributed by atoms with Gasteiger partial charge in [-0.05, 0) is 38.5 Å². The Morgan fingerprint density at radius 3 is 1.87 bits per heavy atom. The zero-order valence-corrected chi connectivity index (χ0v) is 20.6. The van der Waals surface area contributed by atoms with E-state index in [1.165, 1.54) is 51.4 Å². The highest BCUT2D eigenvalue weighted by Crippen LogP contribution is 2.10. The summed E-state index contributed by atoms with van der Waals surface area (Å²) in [5, 5.41) is 9.01. The molecule has 1 unspecified atom stereocenters. The molecule has 0 aromatic carbocycles. The molecule has 0 radical (unpaired) electrons. The fraction of sp³-hybridized carbons (Fsp3) is 0.769. The Bertz CT molecular complexity index is 520. The van der Waals surface area contributed by atoms with Crippen molar-refractivity contribution in [3.63, 3.8) is 0 Å². The number of nitrogens with zero attached hydrogens (tertiary/aromatic N) is 1. The number of ether oxygens (including phenoxy) is 1. The van der Waals surface area contributed by atoms with Crippen LogP contribution in [0.2, 0.25) is 0 Å². The number of quaternary nitrogens is 1. The van der Waals surface area contributed by atoms with Gasteiger partial charge in [0.05, 0.1) is 27.6 Å². The SMILES string of the molecule is CCCCCCCCC/C=C/CC/C=C/CCCC(=O)OC(CC(=O)O)C[N+](C)(C)C. The Morgan fingerprint density at radius 1 is 0.806 bits per heavy atom. The fourth-order valence-corrected chi connectivity index (χ4v) is 3.44. The average molecular weight is 439 g/mol. The van der Waals surface area contributed by atoms with Gasteiger partial charge in [-0.3, -0.25) is 9.59 Å². The predicted molar refractivity (Wildman–Crippen MR) is 129 cm³/mol. The van der Waals surface area contributed by atoms with Crippen LogP contribution in [0.5, 0.6) is 0 Å². The lowest BCUT2D eigenvalue weighted by Gasteiger charge is -2.28. The van der Waals surface area contributed by atoms with Crippen molar-refractivity contribution < 1.29 is 23.9 Å². The molecule has 5 nitrogen and oxygen atoms in total. The molecule has 1 atom stereocenters. The van der Waals surface area contributed by atoms with Gasteiger partial charge in [0.2, 0.25) is 0 Å². The number of carbonyl (C=O) groups excluding carboxylic acids is 1. The van der Waals surface area contributed by atoms with Crippen molar-refractivity contribution >= 4 is 11.9 Å². The quantitative estimate of drug-likeness (QED) is 0.105. The van der Waals surface area contributed by atoms with Gasteiger partial charge in [0.1, 0.15) is 6.54 Å². The summed E-state index contributed by atoms with van der Waals surface area (Å²) in [5.41, 5.74) is 0. The number of carboxylic acids is 1. The molecule has 0 bridgehead atoms. The lowest BCUT2D eigenvalue weighted by Crippen LogP contribution is -2.43. The van der Waals surface area contributed by atoms with Crippen LogP contribution in [-0.2, 0) is 14.3 Å². The number of aliphatic carboxylic acids is 1. The van der Waals surface area contributed by atoms with E-state index in [9.17, 15) is 9.59 Å². The first-order valence-electron chi connectivity index (χ1n) is 12.3. The summed E-state index contributed by atoms with van der Waals surface area (Å²) in [4.78, 5) is 23.0. The first-order chi connectivity index (χ1) is 14.7. The van der Waals surface area contributed by atoms with Gasteiger partial charge >= 0.3 is 11.9 Å². The minimum absolute atomic E-state index is 0.145. The Balaban J connectivity index is 3.74. The van der Waals surface area contributed by atoms with Gasteiger partial charge in [-0.1, -0.05) is 69.8 Å². The van der Waals surface area contributed by atoms with E-state index in [1.54, 1.807) is 0 Å². The summed E-state index contributed by atoms with van der Waals surface area (Å²) < 4.78 is 5.95. The summed E-state index contributed by atoms with van der Waals surface area (Å²) in [5.74, 6) is -1.24. The number of hydrogen-bond acceptors (Lipinski definition) is 3. The molecule has 5 heteroatoms. The second kappa shape index (κ2) is 19.1. The largest absolute Gasteiger partial charge is 0.481 e. The number of likely N-dealkylation sites (N-methyl/N-ethyl adjacent to an activating group) is 1. The van der Waals surface area contributed by atoms with E-state index in [0.717, 1.165) is 25.7 Å². The van der Waals surface area contributed by atoms with E-state index in [2.05, 4.69) is 31.2 Å². The number of rotatable bonds is 20. The van der Waals surface area contributed by atoms with Crippen molar-refractivity contribution in [2.45, 2.75) is 103 Å². The Hall–Kier alpha value is -1.62. The van der Waals surface area contributed by atoms with Crippen LogP contribution in [0, 0.1) is 0 Å². The number of carbonyl (C=O) groups is 2. The van der Waals surface area contributed by atoms with Crippen molar-refractivity contribution in [2.75, 3.05) is 27.7 Å². The number of allylic oxidation sites excluding steroid dienone is 4. The summed E-state index contributed by atoms with van der Waals surface area (Å²) >= 11 is 0. The van der Waals surface area contributed by atoms with E-state index in [1.807, 2.05) is 21.1 Å². The van der Waals surface area contributed by atoms with Crippen molar-refractivity contribution in [3.05, 3.63) is 24.3 Å². The number of esters is 1. The van der Waals surface area contributed by atoms with Gasteiger partial charge in [0.25, 0.3) is 0 Å². The summed E-state index contributed by atoms with van der Waals surface area (Å²) in [6.07, 6.45) is 22.8. The third-order valence-corrected chi connectivity index (χ3v) is 5.01. The average Bonchev–Trinajstić information content (AvgIpc) is 2.65. The Morgan fingerprint density at radius 2 is 1.32 bits per heavy atom. The number of hydrogen-bond donors (Lipinski definition) is 1. The van der Waals surface area contributed by atoms with Crippen LogP contribution in [0.25, 0.3) is 0 Å². The molecule has 0 fully saturated rings. The van der Waals surface area contributed by atoms with Crippen molar-refractivity contribution in [3.8, 4) is 0 Å². The van der Waals surface area contributed by atoms with Crippen LogP contribution in [0.15, 0.2) is 24.3 Å². The van der Waals surface area contributed by atoms with Gasteiger partial charge in [-0.25, -0.2) is 0 Å². The molecule has 0 amide bonds. The van der Waals surface area contributed by atoms with E-state index in [-0.39, 0.29) is 12.4 Å². The van der Waals surface area contributed by atoms with E-state index in [0.29, 0.717) is 17.4 Å². The van der Waals surface area contributed by atoms with E-state index in [4.69, 9.17) is 9.84 Å². The monoisotopic (exact) mass is 438 g/mol. The molecule has 0 heterocycles. The molecule has 180 valence electrons. The van der Waals surface area contributed by atoms with Gasteiger partial charge in [-0.15, -0.1) is 0 Å². The Kier molecular flexibility index (Phi) is 18.1. The van der Waals surface area contributed by atoms with Crippen molar-refractivity contribution in [1.29, 1.82) is 0 Å². The van der Waals surface area contributed by atoms with Crippen LogP contribution in [0.1, 0.15) is 96.8 Å². The molecule has 0 spiro atoms. The Labute approximate surface area is 191 Å². The molecule has 0 rings (SSSR count). The van der Waals surface area contributed by atoms with Crippen LogP contribution in [0.4, 0.5) is 0 Å². The fourth-order valence-electron chi connectivity index (χ4n) is 3.44. The second-order valence-corrected chi connectivity index (χ2v) is 9.51. The topological polar surface area (TPSA) is 63.6 Å². The van der Waals surface area contributed by atoms with Crippen molar-refractivity contribution in [2.24, 2.45) is 0 Å². The molecule has 1 N–H and O–H groups in total. The van der Waals surface area contributed by atoms with E-state index >= 15 is 0 Å². The second-order valence-electron chi connectivity index (χ2n) is 9.51. The molecular formula is C26H48NO4+. The molecule has 0 aliphatic carbocycles. The molecule has 0 aliphatic rings. The normalized spacial score (nSPS) is 13.2. The highest BCUT2D eigenvalue weighted by atomic mass is 16.5. The zero-order valence-electron chi connectivity index (χ0n) is 20.6. The molecule has 0 aliphatic heterocycles. The summed E-state index contributed by atoms with van der Waals surface area (Å²) in [7, 11) is 5.87. The molecule has 0 aromatic heterocycles. The zero-order chi connectivity index (χ0) is 23.4. The number of carboxylic acid groups (broad SMARTS) is 1. The summed E-state index contributed by atoms with van der Waals surface area (Å²) in [6.45, 7) is 2.75. The maximum absolute atomic E-state index is 12.0. The van der Waals surface area contributed by atoms with Gasteiger partial charge in [-0.2, -0.15) is 0 Å². The van der Waals surface area contributed by atoms with Gasteiger partial charge < -0.3 is 14.3 Å². The highest BCUT2D eigenvalue weighted by Gasteiger charge is 2.24. The third-order valence-electron chi connectivity index (χ3n) is 5.01. The van der Waals surface area contributed by atoms with Crippen LogP contribution >= 0.6 is 0 Å². The maximum Gasteiger partial charge on any atom is 0.307 e. The first kappa shape index (κ1) is 29.4. The third kappa shape index (κ3) is 22.9. The van der Waals surface area contributed by atoms with Crippen molar-refractivity contribution in [1.82, 2.24) is 0 Å². The lowest BCUT2D eigenvalue weighted by atomic mass is 10.1. The first-order valence-corrected chi connectivity index (χ1v) is 12.3. The van der Waals surface area contributed by atoms with Crippen LogP contribution < -0.4 is 0 Å². The minimum atomic E-state index is -0.939. The lowest BCUT2D eigenvalue weighted by molar-refractivity contribution is -0.873. The highest BCUT2D eigenvalue weighted by molar-refractivity contribution is 5.71. The molecular weight excluding hydrogens is 390 g/mol. The molecule has 0 saturated carbocycles. The smallest absolute Gasteiger partial charge is 0.307 e.